The maximum atomic E-state index is 5.28. The maximum Gasteiger partial charge on any atom is 0.184 e. The number of hydrogen-bond acceptors (Lipinski definition) is 4. The van der Waals surface area contributed by atoms with Gasteiger partial charge in [0.05, 0.1) is 24.8 Å². The summed E-state index contributed by atoms with van der Waals surface area (Å²) in [6.07, 6.45) is 1.79. The van der Waals surface area contributed by atoms with Gasteiger partial charge in [0.1, 0.15) is 5.75 Å². The number of hydrogen-bond donors (Lipinski definition) is 0. The van der Waals surface area contributed by atoms with Crippen molar-refractivity contribution in [2.75, 3.05) is 7.11 Å². The second-order valence-corrected chi connectivity index (χ2v) is 8.46. The summed E-state index contributed by atoms with van der Waals surface area (Å²) in [5, 5.41) is 5.76. The second-order valence-electron chi connectivity index (χ2n) is 7.55. The Balaban J connectivity index is 1.64. The van der Waals surface area contributed by atoms with E-state index in [9.17, 15) is 0 Å². The van der Waals surface area contributed by atoms with Crippen LogP contribution in [-0.2, 0) is 6.54 Å². The monoisotopic (exact) mass is 496 g/mol. The molecule has 3 aromatic carbocycles. The molecule has 0 aliphatic heterocycles. The molecule has 5 rings (SSSR count). The molecule has 0 saturated heterocycles. The van der Waals surface area contributed by atoms with Gasteiger partial charge in [0, 0.05) is 21.8 Å². The zero-order valence-electron chi connectivity index (χ0n) is 18.0. The first-order chi connectivity index (χ1) is 16.2. The van der Waals surface area contributed by atoms with Crippen molar-refractivity contribution in [1.82, 2.24) is 14.8 Å². The van der Waals surface area contributed by atoms with Gasteiger partial charge < -0.3 is 4.74 Å². The topological polar surface area (TPSA) is 52.3 Å². The number of aromatic nitrogens is 3. The normalized spacial score (nSPS) is 10.8. The van der Waals surface area contributed by atoms with Crippen molar-refractivity contribution in [2.24, 2.45) is 4.99 Å². The average Bonchev–Trinajstić information content (AvgIpc) is 3.20. The molecule has 0 fully saturated rings. The molecule has 0 radical (unpaired) electrons. The fraction of sp³-hybridized carbons (Fsp3) is 0.0741. The smallest absolute Gasteiger partial charge is 0.184 e. The molecule has 0 bridgehead atoms. The molecule has 0 amide bonds. The van der Waals surface area contributed by atoms with Gasteiger partial charge in [-0.15, -0.1) is 5.10 Å². The number of pyridine rings is 1. The summed E-state index contributed by atoms with van der Waals surface area (Å²) in [5.41, 5.74) is 4.82. The molecule has 0 N–H and O–H groups in total. The second kappa shape index (κ2) is 9.38. The van der Waals surface area contributed by atoms with Crippen molar-refractivity contribution in [3.63, 3.8) is 0 Å². The third-order valence-corrected chi connectivity index (χ3v) is 5.77. The van der Waals surface area contributed by atoms with Crippen molar-refractivity contribution in [1.29, 1.82) is 0 Å². The van der Waals surface area contributed by atoms with Gasteiger partial charge in [-0.3, -0.25) is 0 Å². The fourth-order valence-corrected chi connectivity index (χ4v) is 4.04. The van der Waals surface area contributed by atoms with Crippen LogP contribution in [0, 0.1) is 0 Å². The molecule has 0 atom stereocenters. The first kappa shape index (κ1) is 21.1. The molecule has 2 heterocycles. The van der Waals surface area contributed by atoms with Crippen LogP contribution in [0.5, 0.6) is 5.75 Å². The zero-order chi connectivity index (χ0) is 22.6. The Kier molecular flexibility index (Phi) is 6.00. The first-order valence-electron chi connectivity index (χ1n) is 10.6. The van der Waals surface area contributed by atoms with Crippen LogP contribution < -0.4 is 4.74 Å². The molecular formula is C27H21BrN4O. The molecule has 5 aromatic rings. The number of nitrogens with zero attached hydrogens (tertiary/aromatic N) is 4. The maximum absolute atomic E-state index is 5.28. The van der Waals surface area contributed by atoms with E-state index in [0.717, 1.165) is 43.7 Å². The molecule has 0 spiro atoms. The molecule has 0 saturated carbocycles. The number of benzene rings is 3. The molecular weight excluding hydrogens is 476 g/mol. The largest absolute Gasteiger partial charge is 0.497 e. The van der Waals surface area contributed by atoms with E-state index >= 15 is 0 Å². The Labute approximate surface area is 200 Å². The summed E-state index contributed by atoms with van der Waals surface area (Å²) in [5.74, 6) is 1.46. The summed E-state index contributed by atoms with van der Waals surface area (Å²) in [4.78, 5) is 9.71. The fourth-order valence-electron chi connectivity index (χ4n) is 3.71. The summed E-state index contributed by atoms with van der Waals surface area (Å²) in [6, 6.07) is 30.4. The van der Waals surface area contributed by atoms with Crippen LogP contribution >= 0.6 is 15.9 Å². The third kappa shape index (κ3) is 4.56. The SMILES string of the molecule is COc1ccc(Cn2nc(N=C(c3ccccc3)c3ccccc3)c3cc(Br)cnc32)cc1. The van der Waals surface area contributed by atoms with E-state index in [1.165, 1.54) is 0 Å². The lowest BCUT2D eigenvalue weighted by Crippen LogP contribution is -2.04. The van der Waals surface area contributed by atoms with Crippen molar-refractivity contribution < 1.29 is 4.74 Å². The van der Waals surface area contributed by atoms with Crippen molar-refractivity contribution in [3.8, 4) is 5.75 Å². The standard InChI is InChI=1S/C27H21BrN4O/c1-33-23-14-12-19(13-15-23)18-32-27-24(16-22(28)17-29-27)26(31-32)30-25(20-8-4-2-5-9-20)21-10-6-3-7-11-21/h2-17H,18H2,1H3. The Morgan fingerprint density at radius 2 is 1.55 bits per heavy atom. The molecule has 0 aliphatic carbocycles. The number of rotatable bonds is 6. The molecule has 0 aliphatic rings. The quantitative estimate of drug-likeness (QED) is 0.255. The lowest BCUT2D eigenvalue weighted by Gasteiger charge is -2.07. The lowest BCUT2D eigenvalue weighted by molar-refractivity contribution is 0.414. The van der Waals surface area contributed by atoms with E-state index in [4.69, 9.17) is 14.8 Å². The highest BCUT2D eigenvalue weighted by Gasteiger charge is 2.15. The number of halogens is 1. The summed E-state index contributed by atoms with van der Waals surface area (Å²) in [7, 11) is 1.67. The minimum Gasteiger partial charge on any atom is -0.497 e. The van der Waals surface area contributed by atoms with Gasteiger partial charge in [-0.25, -0.2) is 14.7 Å². The predicted octanol–water partition coefficient (Wildman–Crippen LogP) is 6.42. The van der Waals surface area contributed by atoms with Gasteiger partial charge in [0.25, 0.3) is 0 Å². The third-order valence-electron chi connectivity index (χ3n) is 5.34. The Morgan fingerprint density at radius 1 is 0.909 bits per heavy atom. The lowest BCUT2D eigenvalue weighted by atomic mass is 10.0. The Morgan fingerprint density at radius 3 is 2.15 bits per heavy atom. The predicted molar refractivity (Wildman–Crippen MR) is 136 cm³/mol. The van der Waals surface area contributed by atoms with Crippen LogP contribution in [0.25, 0.3) is 11.0 Å². The number of aliphatic imine (C=N–C) groups is 1. The summed E-state index contributed by atoms with van der Waals surface area (Å²) >= 11 is 3.55. The minimum atomic E-state index is 0.580. The Bertz CT molecular complexity index is 1370. The van der Waals surface area contributed by atoms with Gasteiger partial charge in [0.2, 0.25) is 0 Å². The number of methoxy groups -OCH3 is 1. The summed E-state index contributed by atoms with van der Waals surface area (Å²) < 4.78 is 8.06. The van der Waals surface area contributed by atoms with Crippen LogP contribution in [-0.4, -0.2) is 27.6 Å². The van der Waals surface area contributed by atoms with E-state index in [0.29, 0.717) is 12.4 Å². The van der Waals surface area contributed by atoms with E-state index in [1.807, 2.05) is 71.4 Å². The van der Waals surface area contributed by atoms with Gasteiger partial charge >= 0.3 is 0 Å². The highest BCUT2D eigenvalue weighted by molar-refractivity contribution is 9.10. The molecule has 5 nitrogen and oxygen atoms in total. The van der Waals surface area contributed by atoms with Gasteiger partial charge in [-0.1, -0.05) is 72.8 Å². The van der Waals surface area contributed by atoms with E-state index in [1.54, 1.807) is 13.3 Å². The first-order valence-corrected chi connectivity index (χ1v) is 11.3. The molecule has 33 heavy (non-hydrogen) atoms. The van der Waals surface area contributed by atoms with Gasteiger partial charge in [-0.05, 0) is 39.7 Å². The van der Waals surface area contributed by atoms with Gasteiger partial charge in [-0.2, -0.15) is 0 Å². The highest BCUT2D eigenvalue weighted by atomic mass is 79.9. The minimum absolute atomic E-state index is 0.580. The van der Waals surface area contributed by atoms with E-state index < -0.39 is 0 Å². The van der Waals surface area contributed by atoms with Gasteiger partial charge in [0.15, 0.2) is 11.5 Å². The molecule has 0 unspecified atom stereocenters. The van der Waals surface area contributed by atoms with Crippen molar-refractivity contribution in [2.45, 2.75) is 6.54 Å². The number of fused-ring (bicyclic) bond motifs is 1. The zero-order valence-corrected chi connectivity index (χ0v) is 19.6. The molecule has 162 valence electrons. The Hall–Kier alpha value is -3.77. The van der Waals surface area contributed by atoms with Crippen LogP contribution in [0.1, 0.15) is 16.7 Å². The van der Waals surface area contributed by atoms with Crippen LogP contribution in [0.15, 0.2) is 107 Å². The van der Waals surface area contributed by atoms with E-state index in [2.05, 4.69) is 45.2 Å². The van der Waals surface area contributed by atoms with Crippen LogP contribution in [0.4, 0.5) is 5.82 Å². The van der Waals surface area contributed by atoms with Crippen LogP contribution in [0.3, 0.4) is 0 Å². The molecule has 6 heteroatoms. The average molecular weight is 497 g/mol. The summed E-state index contributed by atoms with van der Waals surface area (Å²) in [6.45, 7) is 0.580. The van der Waals surface area contributed by atoms with Crippen molar-refractivity contribution in [3.05, 3.63) is 118 Å². The van der Waals surface area contributed by atoms with Crippen LogP contribution in [0.2, 0.25) is 0 Å². The van der Waals surface area contributed by atoms with E-state index in [-0.39, 0.29) is 0 Å². The highest BCUT2D eigenvalue weighted by Crippen LogP contribution is 2.29. The van der Waals surface area contributed by atoms with Crippen molar-refractivity contribution >= 4 is 38.5 Å². The molecule has 2 aromatic heterocycles. The number of ether oxygens (including phenoxy) is 1.